The Hall–Kier alpha value is -3.08. The van der Waals surface area contributed by atoms with E-state index in [9.17, 15) is 5.11 Å². The lowest BCUT2D eigenvalue weighted by molar-refractivity contribution is 0.461. The second-order valence-corrected chi connectivity index (χ2v) is 6.98. The van der Waals surface area contributed by atoms with Gasteiger partial charge in [0.15, 0.2) is 0 Å². The van der Waals surface area contributed by atoms with Gasteiger partial charge in [-0.3, -0.25) is 0 Å². The second kappa shape index (κ2) is 8.08. The fourth-order valence-corrected chi connectivity index (χ4v) is 3.45. The average molecular weight is 360 g/mol. The van der Waals surface area contributed by atoms with E-state index in [0.29, 0.717) is 12.0 Å². The summed E-state index contributed by atoms with van der Waals surface area (Å²) in [6, 6.07) is 19.5. The Kier molecular flexibility index (Phi) is 5.19. The lowest BCUT2D eigenvalue weighted by Gasteiger charge is -2.23. The van der Waals surface area contributed by atoms with E-state index in [0.717, 1.165) is 22.8 Å². The van der Waals surface area contributed by atoms with Gasteiger partial charge in [0.1, 0.15) is 11.6 Å². The van der Waals surface area contributed by atoms with Gasteiger partial charge >= 0.3 is 0 Å². The van der Waals surface area contributed by atoms with Crippen LogP contribution >= 0.6 is 0 Å². The summed E-state index contributed by atoms with van der Waals surface area (Å²) >= 11 is 0. The van der Waals surface area contributed by atoms with Gasteiger partial charge in [-0.2, -0.15) is 4.98 Å². The summed E-state index contributed by atoms with van der Waals surface area (Å²) in [7, 11) is 0. The fourth-order valence-electron chi connectivity index (χ4n) is 3.45. The van der Waals surface area contributed by atoms with Gasteiger partial charge in [-0.25, -0.2) is 4.98 Å². The largest absolute Gasteiger partial charge is 0.508 e. The van der Waals surface area contributed by atoms with Crippen LogP contribution in [0.1, 0.15) is 32.1 Å². The molecule has 1 aliphatic carbocycles. The smallest absolute Gasteiger partial charge is 0.225 e. The van der Waals surface area contributed by atoms with Gasteiger partial charge in [0.2, 0.25) is 5.95 Å². The molecule has 5 nitrogen and oxygen atoms in total. The van der Waals surface area contributed by atoms with Crippen molar-refractivity contribution in [1.82, 2.24) is 9.97 Å². The molecule has 1 aliphatic rings. The van der Waals surface area contributed by atoms with Crippen molar-refractivity contribution in [3.63, 3.8) is 0 Å². The molecule has 0 unspecified atom stereocenters. The maximum atomic E-state index is 9.48. The number of phenolic OH excluding ortho intramolecular Hbond substituents is 1. The number of aromatic nitrogens is 2. The van der Waals surface area contributed by atoms with E-state index in [4.69, 9.17) is 4.98 Å². The molecule has 3 aromatic rings. The van der Waals surface area contributed by atoms with Crippen LogP contribution in [0.3, 0.4) is 0 Å². The van der Waals surface area contributed by atoms with Gasteiger partial charge in [-0.1, -0.05) is 49.6 Å². The van der Waals surface area contributed by atoms with E-state index >= 15 is 0 Å². The first-order chi connectivity index (χ1) is 13.3. The number of benzene rings is 2. The third kappa shape index (κ3) is 4.56. The van der Waals surface area contributed by atoms with Crippen LogP contribution in [0.4, 0.5) is 17.5 Å². The van der Waals surface area contributed by atoms with Crippen LogP contribution in [0.2, 0.25) is 0 Å². The van der Waals surface area contributed by atoms with Crippen molar-refractivity contribution in [3.05, 3.63) is 60.7 Å². The van der Waals surface area contributed by atoms with Crippen LogP contribution in [0.5, 0.6) is 5.75 Å². The monoisotopic (exact) mass is 360 g/mol. The molecule has 4 rings (SSSR count). The molecule has 0 atom stereocenters. The van der Waals surface area contributed by atoms with Crippen LogP contribution in [0.25, 0.3) is 11.3 Å². The van der Waals surface area contributed by atoms with Crippen molar-refractivity contribution in [2.45, 2.75) is 38.1 Å². The first kappa shape index (κ1) is 17.3. The maximum Gasteiger partial charge on any atom is 0.225 e. The molecule has 0 aliphatic heterocycles. The topological polar surface area (TPSA) is 70.1 Å². The fraction of sp³-hybridized carbons (Fsp3) is 0.273. The minimum atomic E-state index is 0.243. The van der Waals surface area contributed by atoms with Crippen molar-refractivity contribution in [2.24, 2.45) is 0 Å². The summed E-state index contributed by atoms with van der Waals surface area (Å²) in [6.45, 7) is 0. The first-order valence-corrected chi connectivity index (χ1v) is 9.53. The average Bonchev–Trinajstić information content (AvgIpc) is 2.71. The van der Waals surface area contributed by atoms with E-state index in [-0.39, 0.29) is 5.75 Å². The van der Waals surface area contributed by atoms with Crippen LogP contribution in [0, 0.1) is 0 Å². The molecule has 27 heavy (non-hydrogen) atoms. The molecule has 3 N–H and O–H groups in total. The van der Waals surface area contributed by atoms with Gasteiger partial charge < -0.3 is 15.7 Å². The van der Waals surface area contributed by atoms with Crippen LogP contribution in [-0.4, -0.2) is 21.1 Å². The summed E-state index contributed by atoms with van der Waals surface area (Å²) in [6.07, 6.45) is 6.17. The lowest BCUT2D eigenvalue weighted by atomic mass is 9.96. The first-order valence-electron chi connectivity index (χ1n) is 9.53. The second-order valence-electron chi connectivity index (χ2n) is 6.98. The highest BCUT2D eigenvalue weighted by Gasteiger charge is 2.15. The van der Waals surface area contributed by atoms with Crippen LogP contribution < -0.4 is 10.6 Å². The molecule has 1 saturated carbocycles. The van der Waals surface area contributed by atoms with E-state index in [1.54, 1.807) is 12.1 Å². The summed E-state index contributed by atoms with van der Waals surface area (Å²) < 4.78 is 0. The van der Waals surface area contributed by atoms with Crippen molar-refractivity contribution >= 4 is 17.5 Å². The van der Waals surface area contributed by atoms with Gasteiger partial charge in [0.05, 0.1) is 5.69 Å². The third-order valence-electron chi connectivity index (χ3n) is 4.87. The van der Waals surface area contributed by atoms with E-state index in [2.05, 4.69) is 27.8 Å². The van der Waals surface area contributed by atoms with Gasteiger partial charge in [-0.05, 0) is 37.1 Å². The predicted molar refractivity (Wildman–Crippen MR) is 109 cm³/mol. The van der Waals surface area contributed by atoms with E-state index in [1.165, 1.54) is 32.1 Å². The van der Waals surface area contributed by atoms with E-state index in [1.807, 2.05) is 36.4 Å². The number of nitrogens with one attached hydrogen (secondary N) is 2. The molecule has 1 heterocycles. The molecule has 2 aromatic carbocycles. The molecule has 138 valence electrons. The Morgan fingerprint density at radius 2 is 1.59 bits per heavy atom. The van der Waals surface area contributed by atoms with Gasteiger partial charge in [0, 0.05) is 23.4 Å². The normalized spacial score (nSPS) is 14.7. The summed E-state index contributed by atoms with van der Waals surface area (Å²) in [5.74, 6) is 1.63. The number of rotatable bonds is 5. The molecular formula is C22H24N4O. The van der Waals surface area contributed by atoms with Crippen molar-refractivity contribution in [1.29, 1.82) is 0 Å². The minimum absolute atomic E-state index is 0.243. The SMILES string of the molecule is Oc1ccc(Nc2cc(-c3ccccc3)nc(NC3CCCCC3)n2)cc1. The van der Waals surface area contributed by atoms with Crippen LogP contribution in [0.15, 0.2) is 60.7 Å². The van der Waals surface area contributed by atoms with Gasteiger partial charge in [0.25, 0.3) is 0 Å². The highest BCUT2D eigenvalue weighted by molar-refractivity contribution is 5.67. The summed E-state index contributed by atoms with van der Waals surface area (Å²) in [5, 5.41) is 16.3. The molecule has 1 fully saturated rings. The highest BCUT2D eigenvalue weighted by atomic mass is 16.3. The molecule has 0 spiro atoms. The zero-order valence-electron chi connectivity index (χ0n) is 15.2. The lowest BCUT2D eigenvalue weighted by Crippen LogP contribution is -2.23. The number of nitrogens with zero attached hydrogens (tertiary/aromatic N) is 2. The van der Waals surface area contributed by atoms with E-state index < -0.39 is 0 Å². The number of anilines is 3. The molecule has 1 aromatic heterocycles. The van der Waals surface area contributed by atoms with Gasteiger partial charge in [-0.15, -0.1) is 0 Å². The molecule has 0 saturated heterocycles. The Balaban J connectivity index is 1.64. The third-order valence-corrected chi connectivity index (χ3v) is 4.87. The quantitative estimate of drug-likeness (QED) is 0.536. The zero-order valence-corrected chi connectivity index (χ0v) is 15.2. The Bertz CT molecular complexity index is 875. The van der Waals surface area contributed by atoms with Crippen molar-refractivity contribution in [2.75, 3.05) is 10.6 Å². The molecular weight excluding hydrogens is 336 g/mol. The number of aromatic hydroxyl groups is 1. The summed E-state index contributed by atoms with van der Waals surface area (Å²) in [5.41, 5.74) is 2.81. The number of hydrogen-bond donors (Lipinski definition) is 3. The highest BCUT2D eigenvalue weighted by Crippen LogP contribution is 2.26. The minimum Gasteiger partial charge on any atom is -0.508 e. The molecule has 0 amide bonds. The molecule has 0 bridgehead atoms. The Labute approximate surface area is 159 Å². The Morgan fingerprint density at radius 3 is 2.33 bits per heavy atom. The number of hydrogen-bond acceptors (Lipinski definition) is 5. The predicted octanol–water partition coefficient (Wildman–Crippen LogP) is 5.34. The standard InChI is InChI=1S/C22H24N4O/c27-19-13-11-18(12-14-19)23-21-15-20(16-7-3-1-4-8-16)25-22(26-21)24-17-9-5-2-6-10-17/h1,3-4,7-8,11-15,17,27H,2,5-6,9-10H2,(H2,23,24,25,26). The maximum absolute atomic E-state index is 9.48. The molecule has 0 radical (unpaired) electrons. The molecule has 5 heteroatoms. The summed E-state index contributed by atoms with van der Waals surface area (Å²) in [4.78, 5) is 9.43. The van der Waals surface area contributed by atoms with Crippen molar-refractivity contribution in [3.8, 4) is 17.0 Å². The number of phenols is 1. The Morgan fingerprint density at radius 1 is 0.852 bits per heavy atom. The van der Waals surface area contributed by atoms with Crippen LogP contribution in [-0.2, 0) is 0 Å². The van der Waals surface area contributed by atoms with Crippen molar-refractivity contribution < 1.29 is 5.11 Å². The zero-order chi connectivity index (χ0) is 18.5.